The van der Waals surface area contributed by atoms with Gasteiger partial charge in [-0.3, -0.25) is 0 Å². The van der Waals surface area contributed by atoms with Crippen molar-refractivity contribution in [2.24, 2.45) is 0 Å². The molecule has 0 bridgehead atoms. The highest BCUT2D eigenvalue weighted by Gasteiger charge is 2.19. The summed E-state index contributed by atoms with van der Waals surface area (Å²) in [5.74, 6) is -0.199. The first-order valence-corrected chi connectivity index (χ1v) is 6.77. The SMILES string of the molecule is Cc1ccsc1C(Cl)c1c(C)cc(F)cc1C. The van der Waals surface area contributed by atoms with Crippen molar-refractivity contribution < 1.29 is 4.39 Å². The summed E-state index contributed by atoms with van der Waals surface area (Å²) in [4.78, 5) is 1.14. The first kappa shape index (κ1) is 12.6. The van der Waals surface area contributed by atoms with Gasteiger partial charge in [-0.1, -0.05) is 0 Å². The molecule has 0 saturated heterocycles. The van der Waals surface area contributed by atoms with Gasteiger partial charge in [-0.05, 0) is 66.6 Å². The van der Waals surface area contributed by atoms with Crippen molar-refractivity contribution in [1.29, 1.82) is 0 Å². The molecule has 0 radical (unpaired) electrons. The van der Waals surface area contributed by atoms with Crippen molar-refractivity contribution in [3.05, 3.63) is 56.5 Å². The average Bonchev–Trinajstić information content (AvgIpc) is 2.62. The Hall–Kier alpha value is -0.860. The number of hydrogen-bond donors (Lipinski definition) is 0. The van der Waals surface area contributed by atoms with Crippen LogP contribution in [-0.2, 0) is 0 Å². The van der Waals surface area contributed by atoms with E-state index >= 15 is 0 Å². The topological polar surface area (TPSA) is 0 Å². The van der Waals surface area contributed by atoms with Gasteiger partial charge in [0, 0.05) is 4.88 Å². The van der Waals surface area contributed by atoms with Crippen LogP contribution in [0, 0.1) is 26.6 Å². The predicted molar refractivity (Wildman–Crippen MR) is 72.6 cm³/mol. The van der Waals surface area contributed by atoms with Gasteiger partial charge in [0.05, 0.1) is 5.38 Å². The Balaban J connectivity index is 2.51. The summed E-state index contributed by atoms with van der Waals surface area (Å²) in [5, 5.41) is 1.85. The Morgan fingerprint density at radius 2 is 1.71 bits per heavy atom. The minimum atomic E-state index is -0.199. The maximum absolute atomic E-state index is 13.3. The highest BCUT2D eigenvalue weighted by atomic mass is 35.5. The molecule has 1 atom stereocenters. The second kappa shape index (κ2) is 4.79. The second-order valence-corrected chi connectivity index (χ2v) is 5.67. The molecule has 0 aliphatic rings. The van der Waals surface area contributed by atoms with E-state index in [1.165, 1.54) is 5.56 Å². The lowest BCUT2D eigenvalue weighted by molar-refractivity contribution is 0.624. The van der Waals surface area contributed by atoms with E-state index in [0.717, 1.165) is 21.6 Å². The van der Waals surface area contributed by atoms with Crippen molar-refractivity contribution in [3.63, 3.8) is 0 Å². The smallest absolute Gasteiger partial charge is 0.123 e. The zero-order chi connectivity index (χ0) is 12.6. The summed E-state index contributed by atoms with van der Waals surface area (Å²) >= 11 is 8.18. The summed E-state index contributed by atoms with van der Waals surface area (Å²) in [6.45, 7) is 5.86. The number of halogens is 2. The highest BCUT2D eigenvalue weighted by Crippen LogP contribution is 2.37. The predicted octanol–water partition coefficient (Wildman–Crippen LogP) is 5.14. The molecule has 1 aromatic heterocycles. The Kier molecular flexibility index (Phi) is 3.55. The molecule has 1 unspecified atom stereocenters. The molecule has 2 rings (SSSR count). The molecule has 0 nitrogen and oxygen atoms in total. The van der Waals surface area contributed by atoms with Gasteiger partial charge in [0.1, 0.15) is 5.82 Å². The normalized spacial score (nSPS) is 12.8. The van der Waals surface area contributed by atoms with Crippen LogP contribution in [0.3, 0.4) is 0 Å². The lowest BCUT2D eigenvalue weighted by Crippen LogP contribution is -2.00. The van der Waals surface area contributed by atoms with Crippen LogP contribution < -0.4 is 0 Å². The van der Waals surface area contributed by atoms with E-state index < -0.39 is 0 Å². The largest absolute Gasteiger partial charge is 0.207 e. The van der Waals surface area contributed by atoms with Crippen molar-refractivity contribution in [3.8, 4) is 0 Å². The molecular weight excluding hydrogens is 255 g/mol. The van der Waals surface area contributed by atoms with Crippen LogP contribution in [0.4, 0.5) is 4.39 Å². The number of hydrogen-bond acceptors (Lipinski definition) is 1. The molecule has 0 N–H and O–H groups in total. The van der Waals surface area contributed by atoms with E-state index in [9.17, 15) is 4.39 Å². The van der Waals surface area contributed by atoms with Gasteiger partial charge in [-0.15, -0.1) is 22.9 Å². The van der Waals surface area contributed by atoms with E-state index in [1.54, 1.807) is 23.5 Å². The molecule has 0 spiro atoms. The number of benzene rings is 1. The lowest BCUT2D eigenvalue weighted by Gasteiger charge is -2.15. The zero-order valence-corrected chi connectivity index (χ0v) is 11.6. The number of alkyl halides is 1. The van der Waals surface area contributed by atoms with E-state index in [0.29, 0.717) is 0 Å². The van der Waals surface area contributed by atoms with Crippen LogP contribution in [0.15, 0.2) is 23.6 Å². The fourth-order valence-electron chi connectivity index (χ4n) is 2.10. The summed E-state index contributed by atoms with van der Waals surface area (Å²) < 4.78 is 13.3. The molecule has 0 aliphatic carbocycles. The lowest BCUT2D eigenvalue weighted by atomic mass is 9.98. The molecule has 0 aliphatic heterocycles. The molecule has 90 valence electrons. The molecule has 0 amide bonds. The summed E-state index contributed by atoms with van der Waals surface area (Å²) in [5.41, 5.74) is 4.04. The third-order valence-electron chi connectivity index (χ3n) is 2.94. The average molecular weight is 269 g/mol. The van der Waals surface area contributed by atoms with Crippen LogP contribution in [0.2, 0.25) is 0 Å². The van der Waals surface area contributed by atoms with Crippen molar-refractivity contribution >= 4 is 22.9 Å². The first-order valence-electron chi connectivity index (χ1n) is 5.45. The van der Waals surface area contributed by atoms with Gasteiger partial charge in [0.2, 0.25) is 0 Å². The molecule has 1 aromatic carbocycles. The van der Waals surface area contributed by atoms with Gasteiger partial charge in [0.15, 0.2) is 0 Å². The number of aryl methyl sites for hydroxylation is 3. The molecule has 2 aromatic rings. The maximum atomic E-state index is 13.3. The molecule has 3 heteroatoms. The standard InChI is InChI=1S/C14H14ClFS/c1-8-4-5-17-14(8)13(15)12-9(2)6-11(16)7-10(12)3/h4-7,13H,1-3H3. The van der Waals surface area contributed by atoms with Gasteiger partial charge in [-0.25, -0.2) is 4.39 Å². The fraction of sp³-hybridized carbons (Fsp3) is 0.286. The molecule has 17 heavy (non-hydrogen) atoms. The van der Waals surface area contributed by atoms with E-state index in [4.69, 9.17) is 11.6 Å². The first-order chi connectivity index (χ1) is 8.00. The fourth-order valence-corrected chi connectivity index (χ4v) is 3.68. The molecular formula is C14H14ClFS. The summed E-state index contributed by atoms with van der Waals surface area (Å²) in [6, 6.07) is 5.14. The third kappa shape index (κ3) is 2.38. The van der Waals surface area contributed by atoms with Crippen LogP contribution in [-0.4, -0.2) is 0 Å². The van der Waals surface area contributed by atoms with Crippen LogP contribution in [0.1, 0.15) is 32.5 Å². The van der Waals surface area contributed by atoms with Gasteiger partial charge < -0.3 is 0 Å². The van der Waals surface area contributed by atoms with Crippen LogP contribution in [0.5, 0.6) is 0 Å². The van der Waals surface area contributed by atoms with E-state index in [2.05, 4.69) is 13.0 Å². The minimum absolute atomic E-state index is 0.185. The monoisotopic (exact) mass is 268 g/mol. The van der Waals surface area contributed by atoms with Crippen LogP contribution >= 0.6 is 22.9 Å². The minimum Gasteiger partial charge on any atom is -0.207 e. The summed E-state index contributed by atoms with van der Waals surface area (Å²) in [7, 11) is 0. The van der Waals surface area contributed by atoms with Gasteiger partial charge in [-0.2, -0.15) is 0 Å². The van der Waals surface area contributed by atoms with Crippen molar-refractivity contribution in [1.82, 2.24) is 0 Å². The highest BCUT2D eigenvalue weighted by molar-refractivity contribution is 7.10. The molecule has 0 saturated carbocycles. The summed E-state index contributed by atoms with van der Waals surface area (Å²) in [6.07, 6.45) is 0. The Morgan fingerprint density at radius 1 is 1.12 bits per heavy atom. The maximum Gasteiger partial charge on any atom is 0.123 e. The quantitative estimate of drug-likeness (QED) is 0.662. The van der Waals surface area contributed by atoms with Crippen molar-refractivity contribution in [2.75, 3.05) is 0 Å². The van der Waals surface area contributed by atoms with E-state index in [-0.39, 0.29) is 11.2 Å². The number of rotatable bonds is 2. The van der Waals surface area contributed by atoms with Crippen molar-refractivity contribution in [2.45, 2.75) is 26.1 Å². The zero-order valence-electron chi connectivity index (χ0n) is 10.1. The Labute approximate surface area is 110 Å². The number of thiophene rings is 1. The van der Waals surface area contributed by atoms with E-state index in [1.807, 2.05) is 19.2 Å². The molecule has 0 fully saturated rings. The van der Waals surface area contributed by atoms with Gasteiger partial charge >= 0.3 is 0 Å². The van der Waals surface area contributed by atoms with Gasteiger partial charge in [0.25, 0.3) is 0 Å². The second-order valence-electron chi connectivity index (χ2n) is 4.28. The Morgan fingerprint density at radius 3 is 2.18 bits per heavy atom. The molecule has 1 heterocycles. The van der Waals surface area contributed by atoms with Crippen LogP contribution in [0.25, 0.3) is 0 Å². The Bertz CT molecular complexity index is 522. The third-order valence-corrected chi connectivity index (χ3v) is 4.59.